The predicted octanol–water partition coefficient (Wildman–Crippen LogP) is 0.630. The van der Waals surface area contributed by atoms with Gasteiger partial charge in [-0.3, -0.25) is 14.6 Å². The second kappa shape index (κ2) is 5.20. The van der Waals surface area contributed by atoms with Gasteiger partial charge < -0.3 is 5.32 Å². The average Bonchev–Trinajstić information content (AvgIpc) is 2.89. The minimum absolute atomic E-state index is 0.257. The van der Waals surface area contributed by atoms with Crippen molar-refractivity contribution in [3.63, 3.8) is 0 Å². The average molecular weight is 283 g/mol. The first kappa shape index (κ1) is 13.0. The third-order valence-electron chi connectivity index (χ3n) is 3.02. The Hall–Kier alpha value is -2.96. The Balaban J connectivity index is 2.35. The molecule has 1 N–H and O–H groups in total. The van der Waals surface area contributed by atoms with Crippen LogP contribution in [0.2, 0.25) is 0 Å². The molecule has 106 valence electrons. The van der Waals surface area contributed by atoms with E-state index < -0.39 is 0 Å². The van der Waals surface area contributed by atoms with Gasteiger partial charge in [-0.2, -0.15) is 4.52 Å². The van der Waals surface area contributed by atoms with Gasteiger partial charge >= 0.3 is 0 Å². The molecule has 0 aliphatic heterocycles. The highest BCUT2D eigenvalue weighted by Crippen LogP contribution is 2.13. The summed E-state index contributed by atoms with van der Waals surface area (Å²) in [4.78, 5) is 32.4. The van der Waals surface area contributed by atoms with Crippen LogP contribution in [0.15, 0.2) is 47.7 Å². The summed E-state index contributed by atoms with van der Waals surface area (Å²) >= 11 is 0. The summed E-state index contributed by atoms with van der Waals surface area (Å²) in [7, 11) is 0. The molecule has 0 atom stereocenters. The maximum atomic E-state index is 12.2. The van der Waals surface area contributed by atoms with Gasteiger partial charge in [-0.15, -0.1) is 0 Å². The van der Waals surface area contributed by atoms with Crippen molar-refractivity contribution in [3.8, 4) is 5.69 Å². The number of hydrogen-bond donors (Lipinski definition) is 1. The van der Waals surface area contributed by atoms with Gasteiger partial charge in [-0.05, 0) is 19.1 Å². The molecule has 0 saturated heterocycles. The number of aromatic nitrogens is 4. The van der Waals surface area contributed by atoms with Crippen LogP contribution in [-0.4, -0.2) is 31.6 Å². The molecule has 0 unspecified atom stereocenters. The van der Waals surface area contributed by atoms with E-state index in [1.807, 2.05) is 6.92 Å². The molecule has 0 aliphatic rings. The maximum absolute atomic E-state index is 12.2. The summed E-state index contributed by atoms with van der Waals surface area (Å²) in [5.74, 6) is -0.265. The Kier molecular flexibility index (Phi) is 3.23. The Labute approximate surface area is 119 Å². The number of hydrogen-bond acceptors (Lipinski definition) is 4. The molecular weight excluding hydrogens is 270 g/mol. The molecule has 7 heteroatoms. The Morgan fingerprint density at radius 1 is 1.24 bits per heavy atom. The number of nitrogens with zero attached hydrogens (tertiary/aromatic N) is 4. The smallest absolute Gasteiger partial charge is 0.273 e. The van der Waals surface area contributed by atoms with Crippen molar-refractivity contribution < 1.29 is 4.79 Å². The van der Waals surface area contributed by atoms with Gasteiger partial charge in [0, 0.05) is 37.3 Å². The number of amides is 1. The van der Waals surface area contributed by atoms with Gasteiger partial charge in [0.05, 0.1) is 5.69 Å². The van der Waals surface area contributed by atoms with E-state index in [0.717, 1.165) is 0 Å². The van der Waals surface area contributed by atoms with Gasteiger partial charge in [0.15, 0.2) is 5.65 Å². The standard InChI is InChI=1S/C14H13N5O2/c1-2-16-14(21)11-9-12-17-8-5-13(20)19(12)18(11)10-3-6-15-7-4-10/h3-9H,2H2,1H3,(H,16,21). The number of carbonyl (C=O) groups is 1. The molecular formula is C14H13N5O2. The molecule has 0 saturated carbocycles. The SMILES string of the molecule is CCNC(=O)c1cc2nccc(=O)n2n1-c1ccncc1. The van der Waals surface area contributed by atoms with Crippen LogP contribution < -0.4 is 10.9 Å². The van der Waals surface area contributed by atoms with E-state index in [2.05, 4.69) is 15.3 Å². The van der Waals surface area contributed by atoms with Crippen molar-refractivity contribution in [2.45, 2.75) is 6.92 Å². The molecule has 0 radical (unpaired) electrons. The summed E-state index contributed by atoms with van der Waals surface area (Å²) < 4.78 is 2.90. The van der Waals surface area contributed by atoms with Crippen molar-refractivity contribution in [1.82, 2.24) is 24.5 Å². The molecule has 21 heavy (non-hydrogen) atoms. The van der Waals surface area contributed by atoms with E-state index in [-0.39, 0.29) is 11.5 Å². The van der Waals surface area contributed by atoms with E-state index >= 15 is 0 Å². The van der Waals surface area contributed by atoms with Crippen LogP contribution in [0.4, 0.5) is 0 Å². The number of carbonyl (C=O) groups excluding carboxylic acids is 1. The van der Waals surface area contributed by atoms with Crippen molar-refractivity contribution in [2.75, 3.05) is 6.54 Å². The zero-order valence-corrected chi connectivity index (χ0v) is 11.4. The molecule has 1 amide bonds. The number of pyridine rings is 1. The lowest BCUT2D eigenvalue weighted by molar-refractivity contribution is 0.0947. The second-order valence-corrected chi connectivity index (χ2v) is 4.36. The van der Waals surface area contributed by atoms with Crippen LogP contribution in [0.3, 0.4) is 0 Å². The Morgan fingerprint density at radius 2 is 2.00 bits per heavy atom. The zero-order chi connectivity index (χ0) is 14.8. The lowest BCUT2D eigenvalue weighted by atomic mass is 10.3. The molecule has 3 heterocycles. The van der Waals surface area contributed by atoms with Gasteiger partial charge in [0.25, 0.3) is 11.5 Å². The largest absolute Gasteiger partial charge is 0.351 e. The first-order chi connectivity index (χ1) is 10.2. The second-order valence-electron chi connectivity index (χ2n) is 4.36. The molecule has 3 aromatic rings. The van der Waals surface area contributed by atoms with Crippen LogP contribution in [0, 0.1) is 0 Å². The lowest BCUT2D eigenvalue weighted by Gasteiger charge is -2.10. The van der Waals surface area contributed by atoms with E-state index in [4.69, 9.17) is 0 Å². The van der Waals surface area contributed by atoms with Gasteiger partial charge in [-0.1, -0.05) is 0 Å². The summed E-state index contributed by atoms with van der Waals surface area (Å²) in [5.41, 5.74) is 1.17. The monoisotopic (exact) mass is 283 g/mol. The molecule has 0 fully saturated rings. The first-order valence-electron chi connectivity index (χ1n) is 6.50. The Morgan fingerprint density at radius 3 is 2.71 bits per heavy atom. The minimum atomic E-state index is -0.265. The molecule has 3 rings (SSSR count). The molecule has 0 aromatic carbocycles. The van der Waals surface area contributed by atoms with Crippen molar-refractivity contribution in [3.05, 3.63) is 58.9 Å². The quantitative estimate of drug-likeness (QED) is 0.764. The van der Waals surface area contributed by atoms with Gasteiger partial charge in [0.1, 0.15) is 5.69 Å². The maximum Gasteiger partial charge on any atom is 0.273 e. The molecule has 7 nitrogen and oxygen atoms in total. The van der Waals surface area contributed by atoms with Crippen LogP contribution in [-0.2, 0) is 0 Å². The fourth-order valence-electron chi connectivity index (χ4n) is 2.16. The van der Waals surface area contributed by atoms with Crippen LogP contribution in [0.5, 0.6) is 0 Å². The van der Waals surface area contributed by atoms with Gasteiger partial charge in [0.2, 0.25) is 0 Å². The first-order valence-corrected chi connectivity index (χ1v) is 6.50. The Bertz CT molecular complexity index is 851. The highest BCUT2D eigenvalue weighted by Gasteiger charge is 2.17. The lowest BCUT2D eigenvalue weighted by Crippen LogP contribution is -2.28. The summed E-state index contributed by atoms with van der Waals surface area (Å²) in [6, 6.07) is 6.39. The number of nitrogens with one attached hydrogen (secondary N) is 1. The minimum Gasteiger partial charge on any atom is -0.351 e. The third-order valence-corrected chi connectivity index (χ3v) is 3.02. The van der Waals surface area contributed by atoms with E-state index in [0.29, 0.717) is 23.6 Å². The summed E-state index contributed by atoms with van der Waals surface area (Å²) in [6.07, 6.45) is 4.63. The van der Waals surface area contributed by atoms with E-state index in [1.165, 1.54) is 21.5 Å². The highest BCUT2D eigenvalue weighted by molar-refractivity contribution is 5.94. The molecule has 0 spiro atoms. The highest BCUT2D eigenvalue weighted by atomic mass is 16.2. The van der Waals surface area contributed by atoms with Crippen LogP contribution >= 0.6 is 0 Å². The van der Waals surface area contributed by atoms with Crippen molar-refractivity contribution in [1.29, 1.82) is 0 Å². The number of fused-ring (bicyclic) bond motifs is 1. The molecule has 0 aliphatic carbocycles. The molecule has 3 aromatic heterocycles. The zero-order valence-electron chi connectivity index (χ0n) is 11.4. The van der Waals surface area contributed by atoms with Gasteiger partial charge in [-0.25, -0.2) is 9.67 Å². The van der Waals surface area contributed by atoms with Crippen molar-refractivity contribution >= 4 is 11.6 Å². The van der Waals surface area contributed by atoms with E-state index in [9.17, 15) is 9.59 Å². The normalized spacial score (nSPS) is 10.7. The van der Waals surface area contributed by atoms with Crippen LogP contribution in [0.1, 0.15) is 17.4 Å². The van der Waals surface area contributed by atoms with Crippen LogP contribution in [0.25, 0.3) is 11.3 Å². The summed E-state index contributed by atoms with van der Waals surface area (Å²) in [5, 5.41) is 2.73. The predicted molar refractivity (Wildman–Crippen MR) is 76.6 cm³/mol. The fraction of sp³-hybridized carbons (Fsp3) is 0.143. The third kappa shape index (κ3) is 2.18. The van der Waals surface area contributed by atoms with Crippen molar-refractivity contribution in [2.24, 2.45) is 0 Å². The fourth-order valence-corrected chi connectivity index (χ4v) is 2.16. The number of rotatable bonds is 3. The van der Waals surface area contributed by atoms with E-state index in [1.54, 1.807) is 30.6 Å². The molecule has 0 bridgehead atoms. The topological polar surface area (TPSA) is 81.3 Å². The summed E-state index contributed by atoms with van der Waals surface area (Å²) in [6.45, 7) is 2.33.